The second kappa shape index (κ2) is 1.55. The fraction of sp³-hybridized carbons (Fsp3) is 0. The van der Waals surface area contributed by atoms with E-state index in [1.54, 1.807) is 12.3 Å². The maximum atomic E-state index is 5.27. The van der Waals surface area contributed by atoms with E-state index in [-0.39, 0.29) is 0 Å². The van der Waals surface area contributed by atoms with Gasteiger partial charge in [0.2, 0.25) is 5.82 Å². The topological polar surface area (TPSA) is 42.8 Å². The Morgan fingerprint density at radius 3 is 2.71 bits per heavy atom. The van der Waals surface area contributed by atoms with Crippen LogP contribution in [0.1, 0.15) is 0 Å². The average molecular weight is 115 g/mol. The van der Waals surface area contributed by atoms with Crippen LogP contribution in [-0.4, -0.2) is 6.21 Å². The standard InChI is InChI=1S/C3H5N3S/c4-3-1-2-5-6(3)7/h1-2,6H,4H2. The molecule has 7 heavy (non-hydrogen) atoms. The van der Waals surface area contributed by atoms with E-state index in [1.165, 1.54) is 0 Å². The molecular weight excluding hydrogens is 110 g/mol. The molecular formula is C3H5N3S. The van der Waals surface area contributed by atoms with E-state index in [4.69, 9.17) is 5.73 Å². The lowest BCUT2D eigenvalue weighted by atomic mass is 10.6. The molecule has 4 heteroatoms. The first kappa shape index (κ1) is 4.67. The summed E-state index contributed by atoms with van der Waals surface area (Å²) in [6, 6.07) is 0. The lowest BCUT2D eigenvalue weighted by Gasteiger charge is -2.08. The molecule has 1 heterocycles. The molecule has 1 atom stereocenters. The van der Waals surface area contributed by atoms with E-state index in [2.05, 4.69) is 17.9 Å². The molecule has 0 spiro atoms. The van der Waals surface area contributed by atoms with Gasteiger partial charge in [-0.25, -0.2) is 0 Å². The Bertz CT molecular complexity index is 128. The van der Waals surface area contributed by atoms with Gasteiger partial charge in [-0.1, -0.05) is 0 Å². The third-order valence-corrected chi connectivity index (χ3v) is 1.03. The Morgan fingerprint density at radius 2 is 2.57 bits per heavy atom. The minimum Gasteiger partial charge on any atom is -0.455 e. The van der Waals surface area contributed by atoms with Crippen molar-refractivity contribution in [2.45, 2.75) is 0 Å². The Balaban J connectivity index is 2.69. The van der Waals surface area contributed by atoms with Crippen LogP contribution in [0.25, 0.3) is 0 Å². The molecule has 3 N–H and O–H groups in total. The minimum atomic E-state index is 0.500. The van der Waals surface area contributed by atoms with Crippen molar-refractivity contribution < 1.29 is 4.41 Å². The van der Waals surface area contributed by atoms with Gasteiger partial charge in [-0.15, -0.1) is 5.10 Å². The molecule has 0 aromatic carbocycles. The summed E-state index contributed by atoms with van der Waals surface area (Å²) in [6.07, 6.45) is 3.28. The summed E-state index contributed by atoms with van der Waals surface area (Å²) in [7, 11) is 0. The van der Waals surface area contributed by atoms with Gasteiger partial charge in [-0.2, -0.15) is 0 Å². The van der Waals surface area contributed by atoms with Crippen LogP contribution < -0.4 is 10.1 Å². The van der Waals surface area contributed by atoms with Crippen LogP contribution in [-0.2, 0) is 12.8 Å². The van der Waals surface area contributed by atoms with Gasteiger partial charge in [0.1, 0.15) is 0 Å². The van der Waals surface area contributed by atoms with Crippen molar-refractivity contribution in [2.24, 2.45) is 10.8 Å². The Kier molecular flexibility index (Phi) is 1.04. The van der Waals surface area contributed by atoms with Crippen molar-refractivity contribution in [3.05, 3.63) is 11.9 Å². The van der Waals surface area contributed by atoms with Crippen molar-refractivity contribution in [3.8, 4) is 0 Å². The Morgan fingerprint density at radius 1 is 1.86 bits per heavy atom. The molecule has 0 fully saturated rings. The quantitative estimate of drug-likeness (QED) is 0.363. The number of hydrogen-bond donors (Lipinski definition) is 2. The second-order valence-corrected chi connectivity index (χ2v) is 1.59. The van der Waals surface area contributed by atoms with E-state index in [0.717, 1.165) is 0 Å². The summed E-state index contributed by atoms with van der Waals surface area (Å²) in [6.45, 7) is 0. The van der Waals surface area contributed by atoms with E-state index in [9.17, 15) is 0 Å². The van der Waals surface area contributed by atoms with Crippen LogP contribution in [0.2, 0.25) is 0 Å². The highest BCUT2D eigenvalue weighted by atomic mass is 32.1. The Labute approximate surface area is 47.0 Å². The highest BCUT2D eigenvalue weighted by Gasteiger charge is 1.98. The summed E-state index contributed by atoms with van der Waals surface area (Å²) in [5.41, 5.74) is 5.27. The molecule has 1 unspecified atom stereocenters. The van der Waals surface area contributed by atoms with Gasteiger partial charge < -0.3 is 18.5 Å². The van der Waals surface area contributed by atoms with Crippen molar-refractivity contribution >= 4 is 19.0 Å². The summed E-state index contributed by atoms with van der Waals surface area (Å²) in [5.74, 6) is 0.593. The van der Waals surface area contributed by atoms with Crippen LogP contribution in [0.15, 0.2) is 17.0 Å². The molecule has 0 saturated heterocycles. The molecule has 0 bridgehead atoms. The van der Waals surface area contributed by atoms with Crippen LogP contribution in [0.5, 0.6) is 0 Å². The molecule has 0 amide bonds. The number of quaternary nitrogens is 1. The van der Waals surface area contributed by atoms with Gasteiger partial charge >= 0.3 is 0 Å². The zero-order valence-corrected chi connectivity index (χ0v) is 4.40. The van der Waals surface area contributed by atoms with E-state index in [1.807, 2.05) is 0 Å². The number of allylic oxidation sites excluding steroid dienone is 1. The zero-order valence-electron chi connectivity index (χ0n) is 3.59. The van der Waals surface area contributed by atoms with Crippen molar-refractivity contribution in [2.75, 3.05) is 0 Å². The van der Waals surface area contributed by atoms with E-state index in [0.29, 0.717) is 10.2 Å². The minimum absolute atomic E-state index is 0.500. The average Bonchev–Trinajstić information content (AvgIpc) is 1.91. The van der Waals surface area contributed by atoms with E-state index >= 15 is 0 Å². The summed E-state index contributed by atoms with van der Waals surface area (Å²) >= 11 is 4.65. The van der Waals surface area contributed by atoms with Crippen LogP contribution >= 0.6 is 0 Å². The fourth-order valence-corrected chi connectivity index (χ4v) is 0.460. The van der Waals surface area contributed by atoms with Crippen molar-refractivity contribution in [1.29, 1.82) is 0 Å². The first-order chi connectivity index (χ1) is 3.30. The normalized spacial score (nSPS) is 28.1. The van der Waals surface area contributed by atoms with Crippen molar-refractivity contribution in [3.63, 3.8) is 0 Å². The predicted molar refractivity (Wildman–Crippen MR) is 29.1 cm³/mol. The number of nitrogens with two attached hydrogens (primary N) is 1. The van der Waals surface area contributed by atoms with Gasteiger partial charge in [0.05, 0.1) is 6.21 Å². The lowest BCUT2D eigenvalue weighted by Crippen LogP contribution is -3.00. The van der Waals surface area contributed by atoms with Gasteiger partial charge in [0.25, 0.3) is 0 Å². The zero-order chi connectivity index (χ0) is 5.28. The molecule has 1 aliphatic heterocycles. The second-order valence-electron chi connectivity index (χ2n) is 1.21. The molecule has 0 aromatic heterocycles. The molecule has 0 aliphatic carbocycles. The number of nitrogens with zero attached hydrogens (tertiary/aromatic N) is 1. The molecule has 1 rings (SSSR count). The maximum absolute atomic E-state index is 5.27. The van der Waals surface area contributed by atoms with Crippen molar-refractivity contribution in [1.82, 2.24) is 0 Å². The summed E-state index contributed by atoms with van der Waals surface area (Å²) in [5, 5.41) is 3.71. The first-order valence-electron chi connectivity index (χ1n) is 1.85. The lowest BCUT2D eigenvalue weighted by molar-refractivity contribution is -0.713. The molecule has 0 saturated carbocycles. The SMILES string of the molecule is NC1=CC=N[NH+]1[S-]. The fourth-order valence-electron chi connectivity index (χ4n) is 0.331. The summed E-state index contributed by atoms with van der Waals surface area (Å²) < 4.78 is 0.500. The van der Waals surface area contributed by atoms with Crippen LogP contribution in [0.4, 0.5) is 0 Å². The number of hydrogen-bond acceptors (Lipinski definition) is 3. The molecule has 38 valence electrons. The smallest absolute Gasteiger partial charge is 0.206 e. The highest BCUT2D eigenvalue weighted by molar-refractivity contribution is 7.51. The monoisotopic (exact) mass is 115 g/mol. The molecule has 0 aromatic rings. The first-order valence-corrected chi connectivity index (χ1v) is 2.25. The molecule has 1 aliphatic rings. The molecule has 3 nitrogen and oxygen atoms in total. The maximum Gasteiger partial charge on any atom is 0.206 e. The third kappa shape index (κ3) is 0.755. The number of nitrogens with one attached hydrogen (secondary N) is 1. The summed E-state index contributed by atoms with van der Waals surface area (Å²) in [4.78, 5) is 0. The van der Waals surface area contributed by atoms with Crippen LogP contribution in [0, 0.1) is 0 Å². The third-order valence-electron chi connectivity index (χ3n) is 0.693. The van der Waals surface area contributed by atoms with Crippen LogP contribution in [0.3, 0.4) is 0 Å². The predicted octanol–water partition coefficient (Wildman–Crippen LogP) is -1.87. The largest absolute Gasteiger partial charge is 0.455 e. The molecule has 0 radical (unpaired) electrons. The number of rotatable bonds is 0. The van der Waals surface area contributed by atoms with E-state index < -0.39 is 0 Å². The van der Waals surface area contributed by atoms with Gasteiger partial charge in [-0.3, -0.25) is 4.41 Å². The van der Waals surface area contributed by atoms with Gasteiger partial charge in [0.15, 0.2) is 0 Å². The Hall–Kier alpha value is -0.480. The van der Waals surface area contributed by atoms with Gasteiger partial charge in [0, 0.05) is 6.08 Å². The highest BCUT2D eigenvalue weighted by Crippen LogP contribution is 1.71. The van der Waals surface area contributed by atoms with Gasteiger partial charge in [-0.05, 0) is 0 Å².